The molecular weight excluding hydrogens is 349 g/mol. The summed E-state index contributed by atoms with van der Waals surface area (Å²) >= 11 is 11.6. The van der Waals surface area contributed by atoms with Crippen LogP contribution in [0.3, 0.4) is 0 Å². The summed E-state index contributed by atoms with van der Waals surface area (Å²) in [6.45, 7) is 3.95. The molecule has 24 heavy (non-hydrogen) atoms. The van der Waals surface area contributed by atoms with E-state index in [4.69, 9.17) is 27.9 Å². The first kappa shape index (κ1) is 17.2. The van der Waals surface area contributed by atoms with E-state index in [9.17, 15) is 0 Å². The topological polar surface area (TPSA) is 64.0 Å². The van der Waals surface area contributed by atoms with Gasteiger partial charge in [0.15, 0.2) is 5.75 Å². The van der Waals surface area contributed by atoms with Gasteiger partial charge >= 0.3 is 0 Å². The molecule has 128 valence electrons. The molecule has 0 N–H and O–H groups in total. The highest BCUT2D eigenvalue weighted by molar-refractivity contribution is 6.30. The van der Waals surface area contributed by atoms with E-state index in [1.807, 2.05) is 0 Å². The number of ether oxygens (including phenoxy) is 1. The molecule has 1 aliphatic heterocycles. The summed E-state index contributed by atoms with van der Waals surface area (Å²) < 4.78 is 6.06. The zero-order chi connectivity index (χ0) is 16.9. The van der Waals surface area contributed by atoms with Gasteiger partial charge in [0.1, 0.15) is 6.10 Å². The van der Waals surface area contributed by atoms with Crippen molar-refractivity contribution in [1.82, 2.24) is 19.9 Å². The van der Waals surface area contributed by atoms with Crippen LogP contribution in [-0.4, -0.2) is 39.1 Å². The number of aromatic nitrogens is 4. The highest BCUT2D eigenvalue weighted by atomic mass is 35.5. The van der Waals surface area contributed by atoms with Crippen molar-refractivity contribution in [3.8, 4) is 5.75 Å². The fraction of sp³-hybridized carbons (Fsp3) is 0.500. The van der Waals surface area contributed by atoms with E-state index in [0.717, 1.165) is 38.3 Å². The summed E-state index contributed by atoms with van der Waals surface area (Å²) in [5, 5.41) is 0.782. The lowest BCUT2D eigenvalue weighted by Crippen LogP contribution is -2.40. The second-order valence-corrected chi connectivity index (χ2v) is 6.55. The van der Waals surface area contributed by atoms with E-state index >= 15 is 0 Å². The van der Waals surface area contributed by atoms with Crippen LogP contribution in [0, 0.1) is 5.92 Å². The molecule has 1 atom stereocenters. The fourth-order valence-electron chi connectivity index (χ4n) is 2.99. The Balaban J connectivity index is 1.57. The first-order chi connectivity index (χ1) is 11.7. The van der Waals surface area contributed by atoms with Gasteiger partial charge in [-0.05, 0) is 36.8 Å². The molecule has 2 aromatic rings. The zero-order valence-corrected chi connectivity index (χ0v) is 14.9. The van der Waals surface area contributed by atoms with E-state index in [1.165, 1.54) is 0 Å². The summed E-state index contributed by atoms with van der Waals surface area (Å²) in [4.78, 5) is 18.7. The third kappa shape index (κ3) is 4.24. The predicted octanol–water partition coefficient (Wildman–Crippen LogP) is 3.65. The largest absolute Gasteiger partial charge is 0.487 e. The van der Waals surface area contributed by atoms with Gasteiger partial charge in [0.05, 0.1) is 29.8 Å². The molecular formula is C16H19Cl2N5O. The Morgan fingerprint density at radius 3 is 2.29 bits per heavy atom. The van der Waals surface area contributed by atoms with Crippen molar-refractivity contribution in [1.29, 1.82) is 0 Å². The Labute approximate surface area is 151 Å². The van der Waals surface area contributed by atoms with Crippen LogP contribution in [0.4, 0.5) is 5.95 Å². The summed E-state index contributed by atoms with van der Waals surface area (Å²) in [7, 11) is 0. The third-order valence-corrected chi connectivity index (χ3v) is 4.63. The van der Waals surface area contributed by atoms with Crippen LogP contribution in [-0.2, 0) is 0 Å². The van der Waals surface area contributed by atoms with Gasteiger partial charge in [0, 0.05) is 13.1 Å². The Morgan fingerprint density at radius 2 is 1.71 bits per heavy atom. The molecule has 0 aromatic carbocycles. The van der Waals surface area contributed by atoms with Crippen LogP contribution < -0.4 is 9.64 Å². The Morgan fingerprint density at radius 1 is 1.08 bits per heavy atom. The van der Waals surface area contributed by atoms with Crippen LogP contribution in [0.25, 0.3) is 0 Å². The van der Waals surface area contributed by atoms with E-state index in [0.29, 0.717) is 16.7 Å². The number of piperidine rings is 1. The standard InChI is InChI=1S/C16H19Cl2N5O/c1-2-14(24-13-9-19-15(18)20-10-13)11-3-5-23(6-4-11)16-21-7-12(17)8-22-16/h7-11,14H,2-6H2,1H3. The molecule has 1 saturated heterocycles. The van der Waals surface area contributed by atoms with Crippen molar-refractivity contribution < 1.29 is 4.74 Å². The van der Waals surface area contributed by atoms with Gasteiger partial charge in [0.2, 0.25) is 11.2 Å². The van der Waals surface area contributed by atoms with Gasteiger partial charge in [-0.25, -0.2) is 19.9 Å². The number of rotatable bonds is 5. The monoisotopic (exact) mass is 367 g/mol. The lowest BCUT2D eigenvalue weighted by molar-refractivity contribution is 0.111. The molecule has 0 amide bonds. The van der Waals surface area contributed by atoms with Gasteiger partial charge in [-0.3, -0.25) is 0 Å². The predicted molar refractivity (Wildman–Crippen MR) is 93.7 cm³/mol. The Bertz CT molecular complexity index is 645. The van der Waals surface area contributed by atoms with Crippen LogP contribution >= 0.6 is 23.2 Å². The van der Waals surface area contributed by atoms with Gasteiger partial charge in [-0.15, -0.1) is 0 Å². The van der Waals surface area contributed by atoms with Crippen molar-refractivity contribution in [3.63, 3.8) is 0 Å². The lowest BCUT2D eigenvalue weighted by Gasteiger charge is -2.35. The molecule has 0 aliphatic carbocycles. The van der Waals surface area contributed by atoms with Crippen LogP contribution in [0.15, 0.2) is 24.8 Å². The van der Waals surface area contributed by atoms with Crippen molar-refractivity contribution in [2.24, 2.45) is 5.92 Å². The highest BCUT2D eigenvalue weighted by Crippen LogP contribution is 2.27. The molecule has 6 nitrogen and oxygen atoms in total. The number of hydrogen-bond acceptors (Lipinski definition) is 6. The minimum Gasteiger partial charge on any atom is -0.487 e. The van der Waals surface area contributed by atoms with Crippen molar-refractivity contribution in [2.45, 2.75) is 32.3 Å². The normalized spacial score (nSPS) is 16.9. The molecule has 8 heteroatoms. The number of halogens is 2. The maximum atomic E-state index is 6.06. The summed E-state index contributed by atoms with van der Waals surface area (Å²) in [5.74, 6) is 1.88. The number of anilines is 1. The molecule has 1 aliphatic rings. The van der Waals surface area contributed by atoms with E-state index in [1.54, 1.807) is 24.8 Å². The van der Waals surface area contributed by atoms with E-state index < -0.39 is 0 Å². The molecule has 0 radical (unpaired) electrons. The third-order valence-electron chi connectivity index (χ3n) is 4.24. The first-order valence-electron chi connectivity index (χ1n) is 8.02. The molecule has 3 rings (SSSR count). The quantitative estimate of drug-likeness (QED) is 0.751. The molecule has 3 heterocycles. The molecule has 2 aromatic heterocycles. The first-order valence-corrected chi connectivity index (χ1v) is 8.78. The van der Waals surface area contributed by atoms with Crippen LogP contribution in [0.1, 0.15) is 26.2 Å². The van der Waals surface area contributed by atoms with E-state index in [2.05, 4.69) is 31.8 Å². The average Bonchev–Trinajstić information content (AvgIpc) is 2.62. The van der Waals surface area contributed by atoms with Crippen molar-refractivity contribution >= 4 is 29.2 Å². The summed E-state index contributed by atoms with van der Waals surface area (Å²) in [6, 6.07) is 0. The smallest absolute Gasteiger partial charge is 0.225 e. The minimum atomic E-state index is 0.142. The van der Waals surface area contributed by atoms with Crippen LogP contribution in [0.5, 0.6) is 5.75 Å². The van der Waals surface area contributed by atoms with Crippen molar-refractivity contribution in [2.75, 3.05) is 18.0 Å². The zero-order valence-electron chi connectivity index (χ0n) is 13.4. The molecule has 1 unspecified atom stereocenters. The summed E-state index contributed by atoms with van der Waals surface area (Å²) in [6.07, 6.45) is 9.64. The fourth-order valence-corrected chi connectivity index (χ4v) is 3.18. The SMILES string of the molecule is CCC(Oc1cnc(Cl)nc1)C1CCN(c2ncc(Cl)cn2)CC1. The maximum absolute atomic E-state index is 6.06. The van der Waals surface area contributed by atoms with Gasteiger partial charge in [-0.2, -0.15) is 0 Å². The molecule has 0 spiro atoms. The second kappa shape index (κ2) is 7.94. The van der Waals surface area contributed by atoms with Gasteiger partial charge in [0.25, 0.3) is 0 Å². The van der Waals surface area contributed by atoms with Gasteiger partial charge in [-0.1, -0.05) is 18.5 Å². The van der Waals surface area contributed by atoms with Crippen LogP contribution in [0.2, 0.25) is 10.3 Å². The number of hydrogen-bond donors (Lipinski definition) is 0. The molecule has 0 bridgehead atoms. The Hall–Kier alpha value is -1.66. The van der Waals surface area contributed by atoms with Crippen molar-refractivity contribution in [3.05, 3.63) is 35.1 Å². The lowest BCUT2D eigenvalue weighted by atomic mass is 9.90. The maximum Gasteiger partial charge on any atom is 0.225 e. The minimum absolute atomic E-state index is 0.142. The second-order valence-electron chi connectivity index (χ2n) is 5.78. The summed E-state index contributed by atoms with van der Waals surface area (Å²) in [5.41, 5.74) is 0. The highest BCUT2D eigenvalue weighted by Gasteiger charge is 2.28. The Kier molecular flexibility index (Phi) is 5.68. The molecule has 1 fully saturated rings. The average molecular weight is 368 g/mol. The number of nitrogens with zero attached hydrogens (tertiary/aromatic N) is 5. The molecule has 0 saturated carbocycles. The van der Waals surface area contributed by atoms with Gasteiger partial charge < -0.3 is 9.64 Å². The van der Waals surface area contributed by atoms with E-state index in [-0.39, 0.29) is 11.4 Å².